The second-order valence-corrected chi connectivity index (χ2v) is 18.8. The summed E-state index contributed by atoms with van der Waals surface area (Å²) < 4.78 is 47.4. The number of halogens is 1. The maximum absolute atomic E-state index is 14.1. The van der Waals surface area contributed by atoms with Crippen molar-refractivity contribution in [3.8, 4) is 5.75 Å². The molecular weight excluding hydrogens is 549 g/mol. The van der Waals surface area contributed by atoms with Gasteiger partial charge in [0.25, 0.3) is 14.2 Å². The number of anilines is 1. The summed E-state index contributed by atoms with van der Waals surface area (Å²) >= 11 is 0. The molecule has 2 aromatic carbocycles. The van der Waals surface area contributed by atoms with Crippen molar-refractivity contribution in [2.24, 2.45) is 0 Å². The number of rotatable bonds is 9. The fraction of sp³-hybridized carbons (Fsp3) is 0.448. The number of aliphatic hydroxyl groups excluding tert-OH is 1. The predicted octanol–water partition coefficient (Wildman–Crippen LogP) is 5.97. The van der Waals surface area contributed by atoms with E-state index in [4.69, 9.17) is 4.43 Å². The Morgan fingerprint density at radius 1 is 1.07 bits per heavy atom. The Balaban J connectivity index is 2.07. The van der Waals surface area contributed by atoms with Gasteiger partial charge in [-0.2, -0.15) is 0 Å². The first-order valence-electron chi connectivity index (χ1n) is 13.4. The first-order chi connectivity index (χ1) is 18.6. The summed E-state index contributed by atoms with van der Waals surface area (Å²) in [6.45, 7) is 12.8. The molecule has 0 bridgehead atoms. The molecular formula is C29H38FN3O5SSi. The molecule has 0 spiro atoms. The Bertz CT molecular complexity index is 1520. The number of hydrogen-bond acceptors (Lipinski definition) is 6. The zero-order valence-electron chi connectivity index (χ0n) is 24.3. The van der Waals surface area contributed by atoms with E-state index in [2.05, 4.69) is 46.5 Å². The summed E-state index contributed by atoms with van der Waals surface area (Å²) in [4.78, 5) is 20.0. The lowest BCUT2D eigenvalue weighted by atomic mass is 10.0. The molecule has 1 atom stereocenters. The van der Waals surface area contributed by atoms with E-state index in [1.165, 1.54) is 24.1 Å². The van der Waals surface area contributed by atoms with E-state index in [9.17, 15) is 22.7 Å². The molecule has 8 nitrogen and oxygen atoms in total. The lowest BCUT2D eigenvalue weighted by Gasteiger charge is -2.43. The number of sulfonamides is 1. The highest BCUT2D eigenvalue weighted by atomic mass is 32.2. The second-order valence-electron chi connectivity index (χ2n) is 11.4. The van der Waals surface area contributed by atoms with E-state index in [1.54, 1.807) is 30.5 Å². The number of pyridine rings is 1. The normalized spacial score (nSPS) is 16.0. The Kier molecular flexibility index (Phi) is 8.05. The molecule has 216 valence electrons. The largest absolute Gasteiger partial charge is 0.541 e. The summed E-state index contributed by atoms with van der Waals surface area (Å²) in [6, 6.07) is 9.08. The van der Waals surface area contributed by atoms with Gasteiger partial charge in [-0.05, 0) is 46.5 Å². The van der Waals surface area contributed by atoms with E-state index in [0.717, 1.165) is 10.6 Å². The van der Waals surface area contributed by atoms with E-state index < -0.39 is 36.3 Å². The van der Waals surface area contributed by atoms with Gasteiger partial charge in [-0.25, -0.2) is 12.8 Å². The highest BCUT2D eigenvalue weighted by Crippen LogP contribution is 2.52. The number of carbonyl (C=O) groups excluding carboxylic acids is 1. The fourth-order valence-corrected chi connectivity index (χ4v) is 12.0. The van der Waals surface area contributed by atoms with Crippen LogP contribution in [0.25, 0.3) is 10.9 Å². The van der Waals surface area contributed by atoms with Crippen LogP contribution in [-0.4, -0.2) is 50.9 Å². The minimum Gasteiger partial charge on any atom is -0.541 e. The van der Waals surface area contributed by atoms with E-state index in [0.29, 0.717) is 22.2 Å². The van der Waals surface area contributed by atoms with Crippen molar-refractivity contribution in [1.82, 2.24) is 9.88 Å². The van der Waals surface area contributed by atoms with Crippen molar-refractivity contribution in [3.63, 3.8) is 0 Å². The molecule has 3 aromatic rings. The summed E-state index contributed by atoms with van der Waals surface area (Å²) in [5.41, 5.74) is 1.98. The third-order valence-corrected chi connectivity index (χ3v) is 15.3. The quantitative estimate of drug-likeness (QED) is 0.310. The summed E-state index contributed by atoms with van der Waals surface area (Å²) in [7, 11) is -5.03. The first kappa shape index (κ1) is 29.9. The zero-order valence-corrected chi connectivity index (χ0v) is 26.1. The molecule has 1 amide bonds. The third-order valence-electron chi connectivity index (χ3n) is 8.12. The van der Waals surface area contributed by atoms with Crippen molar-refractivity contribution in [1.29, 1.82) is 0 Å². The predicted molar refractivity (Wildman–Crippen MR) is 158 cm³/mol. The van der Waals surface area contributed by atoms with Gasteiger partial charge >= 0.3 is 0 Å². The average Bonchev–Trinajstić information content (AvgIpc) is 3.11. The lowest BCUT2D eigenvalue weighted by Crippen LogP contribution is -2.51. The highest BCUT2D eigenvalue weighted by molar-refractivity contribution is 7.92. The number of carbonyl (C=O) groups is 1. The molecule has 1 aliphatic rings. The maximum atomic E-state index is 14.1. The molecule has 0 aliphatic carbocycles. The second kappa shape index (κ2) is 10.8. The summed E-state index contributed by atoms with van der Waals surface area (Å²) in [5, 5.41) is 12.2. The van der Waals surface area contributed by atoms with Gasteiger partial charge in [-0.1, -0.05) is 53.7 Å². The molecule has 11 heteroatoms. The van der Waals surface area contributed by atoms with Crippen molar-refractivity contribution >= 4 is 40.8 Å². The number of benzene rings is 2. The van der Waals surface area contributed by atoms with Crippen LogP contribution in [0, 0.1) is 5.82 Å². The topological polar surface area (TPSA) is 100 Å². The van der Waals surface area contributed by atoms with Crippen LogP contribution in [-0.2, 0) is 16.6 Å². The van der Waals surface area contributed by atoms with E-state index in [-0.39, 0.29) is 40.0 Å². The van der Waals surface area contributed by atoms with E-state index in [1.807, 2.05) is 0 Å². The molecule has 0 fully saturated rings. The smallest absolute Gasteiger partial charge is 0.259 e. The van der Waals surface area contributed by atoms with Crippen LogP contribution in [0.15, 0.2) is 42.6 Å². The van der Waals surface area contributed by atoms with Crippen LogP contribution < -0.4 is 8.73 Å². The highest BCUT2D eigenvalue weighted by Gasteiger charge is 2.50. The van der Waals surface area contributed by atoms with Gasteiger partial charge in [-0.3, -0.25) is 14.1 Å². The monoisotopic (exact) mass is 587 g/mol. The fourth-order valence-electron chi connectivity index (χ4n) is 6.23. The van der Waals surface area contributed by atoms with Gasteiger partial charge in [-0.15, -0.1) is 0 Å². The van der Waals surface area contributed by atoms with Gasteiger partial charge in [0.1, 0.15) is 17.1 Å². The van der Waals surface area contributed by atoms with Crippen LogP contribution in [0.4, 0.5) is 10.1 Å². The summed E-state index contributed by atoms with van der Waals surface area (Å²) in [6.07, 6.45) is 1.22. The molecule has 1 aromatic heterocycles. The number of hydrogen-bond donors (Lipinski definition) is 1. The van der Waals surface area contributed by atoms with Crippen molar-refractivity contribution in [2.75, 3.05) is 17.6 Å². The van der Waals surface area contributed by atoms with Gasteiger partial charge in [0, 0.05) is 25.2 Å². The molecule has 2 heterocycles. The van der Waals surface area contributed by atoms with Crippen LogP contribution >= 0.6 is 0 Å². The van der Waals surface area contributed by atoms with Crippen molar-refractivity contribution < 1.29 is 27.1 Å². The Labute approximate surface area is 237 Å². The number of aliphatic hydroxyl groups is 1. The third kappa shape index (κ3) is 4.88. The Morgan fingerprint density at radius 2 is 1.65 bits per heavy atom. The molecule has 4 rings (SSSR count). The zero-order chi connectivity index (χ0) is 29.7. The van der Waals surface area contributed by atoms with Crippen molar-refractivity contribution in [2.45, 2.75) is 70.9 Å². The number of nitrogens with zero attached hydrogens (tertiary/aromatic N) is 3. The van der Waals surface area contributed by atoms with Gasteiger partial charge in [0.05, 0.1) is 23.1 Å². The SMILES string of the molecule is CC(C)[Si](Oc1c2c(c(N(C)S(C)(=O)=O)c3cccnc13)C(=O)N(Cc1ccc(F)cc1)C2O)(C(C)C)C(C)C. The van der Waals surface area contributed by atoms with Crippen molar-refractivity contribution in [3.05, 3.63) is 65.1 Å². The van der Waals surface area contributed by atoms with Gasteiger partial charge in [0.2, 0.25) is 10.0 Å². The molecule has 0 radical (unpaired) electrons. The number of amides is 1. The molecule has 0 saturated carbocycles. The van der Waals surface area contributed by atoms with Crippen LogP contribution in [0.1, 0.15) is 69.3 Å². The molecule has 0 saturated heterocycles. The van der Waals surface area contributed by atoms with Crippen LogP contribution in [0.2, 0.25) is 16.6 Å². The number of fused-ring (bicyclic) bond motifs is 2. The molecule has 1 N–H and O–H groups in total. The Hall–Kier alpha value is -3.02. The van der Waals surface area contributed by atoms with Crippen LogP contribution in [0.5, 0.6) is 5.75 Å². The standard InChI is InChI=1S/C29H38FN3O5SSi/c1-17(2)40(18(3)4,19(5)6)38-27-24-23(26(32(7)39(8,36)37)22-10-9-15-31-25(22)27)28(34)33(29(24)35)16-20-11-13-21(30)14-12-20/h9-15,17-19,29,35H,16H2,1-8H3. The Morgan fingerprint density at radius 3 is 2.17 bits per heavy atom. The average molecular weight is 588 g/mol. The lowest BCUT2D eigenvalue weighted by molar-refractivity contribution is 0.0132. The van der Waals surface area contributed by atoms with Crippen LogP contribution in [0.3, 0.4) is 0 Å². The minimum absolute atomic E-state index is 0.0126. The molecule has 1 aliphatic heterocycles. The van der Waals surface area contributed by atoms with Gasteiger partial charge in [0.15, 0.2) is 6.23 Å². The van der Waals surface area contributed by atoms with Gasteiger partial charge < -0.3 is 14.4 Å². The number of aromatic nitrogens is 1. The summed E-state index contributed by atoms with van der Waals surface area (Å²) in [5.74, 6) is -0.636. The minimum atomic E-state index is -3.80. The van der Waals surface area contributed by atoms with E-state index >= 15 is 0 Å². The molecule has 1 unspecified atom stereocenters. The first-order valence-corrected chi connectivity index (χ1v) is 17.4. The molecule has 40 heavy (non-hydrogen) atoms. The maximum Gasteiger partial charge on any atom is 0.259 e.